The molecule has 3 N–H and O–H groups in total. The number of aromatic nitrogens is 6. The minimum absolute atomic E-state index is 0.247. The molecule has 0 saturated carbocycles. The Morgan fingerprint density at radius 2 is 1.52 bits per heavy atom. The van der Waals surface area contributed by atoms with Gasteiger partial charge in [-0.1, -0.05) is 0 Å². The van der Waals surface area contributed by atoms with E-state index in [9.17, 15) is 30.7 Å². The van der Waals surface area contributed by atoms with Crippen molar-refractivity contribution in [3.63, 3.8) is 0 Å². The molecule has 18 heteroatoms. The maximum Gasteiger partial charge on any atom is 0.490 e. The first-order valence-corrected chi connectivity index (χ1v) is 12.7. The zero-order chi connectivity index (χ0) is 33.0. The Labute approximate surface area is 244 Å². The maximum absolute atomic E-state index is 13.5. The minimum atomic E-state index is -5.08. The lowest BCUT2D eigenvalue weighted by Crippen LogP contribution is -2.34. The zero-order valence-corrected chi connectivity index (χ0v) is 23.3. The highest BCUT2D eigenvalue weighted by Gasteiger charge is 2.39. The van der Waals surface area contributed by atoms with E-state index >= 15 is 0 Å². The minimum Gasteiger partial charge on any atom is -0.475 e. The third-order valence-electron chi connectivity index (χ3n) is 6.52. The monoisotopic (exact) mass is 633 g/mol. The van der Waals surface area contributed by atoms with Crippen LogP contribution in [0.25, 0.3) is 22.3 Å². The Morgan fingerprint density at radius 3 is 2.02 bits per heavy atom. The molecule has 1 aliphatic heterocycles. The number of aliphatic carboxylic acids is 2. The summed E-state index contributed by atoms with van der Waals surface area (Å²) in [5.41, 5.74) is 5.62. The molecule has 0 bridgehead atoms. The summed E-state index contributed by atoms with van der Waals surface area (Å²) in [7, 11) is 1.95. The lowest BCUT2D eigenvalue weighted by molar-refractivity contribution is -0.193. The van der Waals surface area contributed by atoms with Crippen molar-refractivity contribution in [3.8, 4) is 11.3 Å². The van der Waals surface area contributed by atoms with Gasteiger partial charge in [0.2, 0.25) is 5.95 Å². The number of rotatable bonds is 3. The molecule has 44 heavy (non-hydrogen) atoms. The summed E-state index contributed by atoms with van der Waals surface area (Å²) in [6.45, 7) is 5.77. The second-order valence-electron chi connectivity index (χ2n) is 9.56. The van der Waals surface area contributed by atoms with Crippen LogP contribution in [0.3, 0.4) is 0 Å². The van der Waals surface area contributed by atoms with Crippen molar-refractivity contribution in [2.45, 2.75) is 45.0 Å². The number of carbonyl (C=O) groups is 2. The van der Waals surface area contributed by atoms with E-state index in [4.69, 9.17) is 24.8 Å². The van der Waals surface area contributed by atoms with Gasteiger partial charge in [-0.15, -0.1) is 0 Å². The van der Waals surface area contributed by atoms with Gasteiger partial charge in [0.25, 0.3) is 0 Å². The molecule has 0 aliphatic carbocycles. The van der Waals surface area contributed by atoms with Gasteiger partial charge in [0.15, 0.2) is 0 Å². The molecule has 1 aromatic carbocycles. The van der Waals surface area contributed by atoms with Crippen molar-refractivity contribution in [2.24, 2.45) is 7.05 Å². The standard InChI is InChI=1S/C22H24FN7.2C2HF3O2/c1-13-20(14(2)29(3)28-13)18-6-9-24-22(27-18)30-10-7-15(8-11-30)21-25-17-5-4-16(23)12-19(17)26-21;2*3-2(4,5)1(6)7/h4-6,9,12,15H,7-8,10-11H2,1-3H3,(H,25,26);2*(H,6,7). The van der Waals surface area contributed by atoms with Crippen LogP contribution in [0.4, 0.5) is 36.7 Å². The second kappa shape index (κ2) is 13.3. The predicted molar refractivity (Wildman–Crippen MR) is 141 cm³/mol. The predicted octanol–water partition coefficient (Wildman–Crippen LogP) is 5.16. The fourth-order valence-corrected chi connectivity index (χ4v) is 4.33. The van der Waals surface area contributed by atoms with Crippen molar-refractivity contribution >= 4 is 28.9 Å². The number of nitrogens with zero attached hydrogens (tertiary/aromatic N) is 6. The molecule has 0 spiro atoms. The number of piperidine rings is 1. The van der Waals surface area contributed by atoms with Crippen LogP contribution in [0.2, 0.25) is 0 Å². The number of imidazole rings is 1. The van der Waals surface area contributed by atoms with Gasteiger partial charge in [-0.2, -0.15) is 31.4 Å². The molecule has 0 atom stereocenters. The number of nitrogens with one attached hydrogen (secondary N) is 1. The topological polar surface area (TPSA) is 150 Å². The Bertz CT molecular complexity index is 1600. The number of carboxylic acids is 2. The number of benzene rings is 1. The third-order valence-corrected chi connectivity index (χ3v) is 6.52. The molecule has 0 amide bonds. The summed E-state index contributed by atoms with van der Waals surface area (Å²) >= 11 is 0. The van der Waals surface area contributed by atoms with Crippen LogP contribution in [-0.4, -0.2) is 77.3 Å². The van der Waals surface area contributed by atoms with Gasteiger partial charge in [0, 0.05) is 43.5 Å². The normalized spacial score (nSPS) is 14.0. The van der Waals surface area contributed by atoms with Gasteiger partial charge in [0.1, 0.15) is 11.6 Å². The van der Waals surface area contributed by atoms with Gasteiger partial charge < -0.3 is 20.1 Å². The van der Waals surface area contributed by atoms with Crippen LogP contribution in [-0.2, 0) is 16.6 Å². The molecular formula is C26H26F7N7O4. The van der Waals surface area contributed by atoms with E-state index in [2.05, 4.69) is 31.9 Å². The molecular weight excluding hydrogens is 607 g/mol. The molecule has 5 rings (SSSR count). The molecule has 0 unspecified atom stereocenters. The summed E-state index contributed by atoms with van der Waals surface area (Å²) in [5, 5.41) is 18.8. The highest BCUT2D eigenvalue weighted by Crippen LogP contribution is 2.31. The molecule has 4 heterocycles. The largest absolute Gasteiger partial charge is 0.490 e. The lowest BCUT2D eigenvalue weighted by Gasteiger charge is -2.31. The van der Waals surface area contributed by atoms with Crippen LogP contribution in [0.5, 0.6) is 0 Å². The number of fused-ring (bicyclic) bond motifs is 1. The average Bonchev–Trinajstić information content (AvgIpc) is 3.47. The molecule has 1 aliphatic rings. The van der Waals surface area contributed by atoms with Crippen molar-refractivity contribution in [1.82, 2.24) is 29.7 Å². The van der Waals surface area contributed by atoms with Crippen molar-refractivity contribution < 1.29 is 50.5 Å². The Kier molecular flexibility index (Phi) is 10.2. The van der Waals surface area contributed by atoms with Gasteiger partial charge >= 0.3 is 24.3 Å². The van der Waals surface area contributed by atoms with Gasteiger partial charge in [-0.25, -0.2) is 28.9 Å². The smallest absolute Gasteiger partial charge is 0.475 e. The molecule has 0 radical (unpaired) electrons. The van der Waals surface area contributed by atoms with E-state index in [0.29, 0.717) is 5.92 Å². The Balaban J connectivity index is 0.000000317. The quantitative estimate of drug-likeness (QED) is 0.260. The first kappa shape index (κ1) is 33.7. The van der Waals surface area contributed by atoms with E-state index < -0.39 is 24.3 Å². The maximum atomic E-state index is 13.5. The fraction of sp³-hybridized carbons (Fsp3) is 0.385. The molecule has 1 fully saturated rings. The van der Waals surface area contributed by atoms with Crippen LogP contribution in [0, 0.1) is 19.7 Å². The van der Waals surface area contributed by atoms with Crippen molar-refractivity contribution in [2.75, 3.05) is 18.0 Å². The number of carboxylic acid groups (broad SMARTS) is 2. The van der Waals surface area contributed by atoms with Crippen LogP contribution in [0.15, 0.2) is 30.5 Å². The first-order chi connectivity index (χ1) is 20.4. The highest BCUT2D eigenvalue weighted by molar-refractivity contribution is 5.75. The molecule has 238 valence electrons. The first-order valence-electron chi connectivity index (χ1n) is 12.7. The van der Waals surface area contributed by atoms with E-state index in [1.54, 1.807) is 6.07 Å². The average molecular weight is 634 g/mol. The number of aromatic amines is 1. The van der Waals surface area contributed by atoms with Crippen LogP contribution < -0.4 is 4.90 Å². The summed E-state index contributed by atoms with van der Waals surface area (Å²) in [5.74, 6) is -3.75. The van der Waals surface area contributed by atoms with Crippen molar-refractivity contribution in [3.05, 3.63) is 53.5 Å². The Morgan fingerprint density at radius 1 is 0.955 bits per heavy atom. The van der Waals surface area contributed by atoms with E-state index in [1.807, 2.05) is 30.9 Å². The Hall–Kier alpha value is -4.77. The van der Waals surface area contributed by atoms with Crippen LogP contribution in [0.1, 0.15) is 36.0 Å². The van der Waals surface area contributed by atoms with E-state index in [1.165, 1.54) is 12.1 Å². The summed E-state index contributed by atoms with van der Waals surface area (Å²) in [6.07, 6.45) is -6.45. The molecule has 1 saturated heterocycles. The highest BCUT2D eigenvalue weighted by atomic mass is 19.4. The number of anilines is 1. The second-order valence-corrected chi connectivity index (χ2v) is 9.56. The third kappa shape index (κ3) is 8.41. The number of halogens is 7. The number of hydrogen-bond donors (Lipinski definition) is 3. The van der Waals surface area contributed by atoms with Crippen molar-refractivity contribution in [1.29, 1.82) is 0 Å². The SMILES string of the molecule is Cc1nn(C)c(C)c1-c1ccnc(N2CCC(c3nc4ccc(F)cc4[nH]3)CC2)n1.O=C(O)C(F)(F)F.O=C(O)C(F)(F)F. The lowest BCUT2D eigenvalue weighted by atomic mass is 9.96. The van der Waals surface area contributed by atoms with Crippen LogP contribution >= 0.6 is 0 Å². The summed E-state index contributed by atoms with van der Waals surface area (Å²) in [4.78, 5) is 37.3. The molecule has 4 aromatic rings. The zero-order valence-electron chi connectivity index (χ0n) is 23.3. The van der Waals surface area contributed by atoms with Gasteiger partial charge in [0.05, 0.1) is 22.4 Å². The number of H-pyrrole nitrogens is 1. The van der Waals surface area contributed by atoms with E-state index in [0.717, 1.165) is 71.4 Å². The molecule has 3 aromatic heterocycles. The number of hydrogen-bond acceptors (Lipinski definition) is 7. The number of aryl methyl sites for hydroxylation is 2. The number of alkyl halides is 6. The summed E-state index contributed by atoms with van der Waals surface area (Å²) < 4.78 is 78.8. The fourth-order valence-electron chi connectivity index (χ4n) is 4.33. The summed E-state index contributed by atoms with van der Waals surface area (Å²) in [6, 6.07) is 6.62. The van der Waals surface area contributed by atoms with Gasteiger partial charge in [-0.3, -0.25) is 4.68 Å². The molecule has 11 nitrogen and oxygen atoms in total. The van der Waals surface area contributed by atoms with E-state index in [-0.39, 0.29) is 5.82 Å². The van der Waals surface area contributed by atoms with Gasteiger partial charge in [-0.05, 0) is 51.0 Å².